The predicted molar refractivity (Wildman–Crippen MR) is 121 cm³/mol. The summed E-state index contributed by atoms with van der Waals surface area (Å²) in [6.45, 7) is 16.1. The Morgan fingerprint density at radius 3 is 2.31 bits per heavy atom. The number of fused-ring (bicyclic) bond motifs is 1. The van der Waals surface area contributed by atoms with Crippen molar-refractivity contribution in [2.24, 2.45) is 11.8 Å². The van der Waals surface area contributed by atoms with Crippen LogP contribution in [0.15, 0.2) is 36.7 Å². The van der Waals surface area contributed by atoms with Gasteiger partial charge < -0.3 is 18.8 Å². The van der Waals surface area contributed by atoms with Crippen LogP contribution in [0.25, 0.3) is 5.69 Å². The normalized spacial score (nSPS) is 23.1. The number of methoxy groups -OCH3 is 1. The van der Waals surface area contributed by atoms with Crippen molar-refractivity contribution in [1.82, 2.24) is 4.57 Å². The molecule has 1 aromatic heterocycles. The van der Waals surface area contributed by atoms with Crippen LogP contribution in [0.2, 0.25) is 18.1 Å². The second kappa shape index (κ2) is 7.93. The highest BCUT2D eigenvalue weighted by molar-refractivity contribution is 6.74. The molecule has 2 aromatic rings. The third-order valence-electron chi connectivity index (χ3n) is 7.09. The SMILES string of the molecule is COc1cc2c(c(-n3cccc3)c1)[C@@H]([C@@H](C)CO)[C@H](C)[C@@H]2O[Si](C)(C)C(C)(C)C. The molecule has 0 radical (unpaired) electrons. The van der Waals surface area contributed by atoms with Gasteiger partial charge in [0, 0.05) is 25.1 Å². The van der Waals surface area contributed by atoms with Crippen LogP contribution in [-0.2, 0) is 4.43 Å². The van der Waals surface area contributed by atoms with Crippen LogP contribution in [0.5, 0.6) is 5.75 Å². The average Bonchev–Trinajstić information content (AvgIpc) is 3.27. The Morgan fingerprint density at radius 2 is 1.79 bits per heavy atom. The Kier molecular flexibility index (Phi) is 6.05. The van der Waals surface area contributed by atoms with Crippen molar-refractivity contribution in [3.05, 3.63) is 47.8 Å². The lowest BCUT2D eigenvalue weighted by Gasteiger charge is -2.40. The first kappa shape index (κ1) is 22.1. The number of benzene rings is 1. The van der Waals surface area contributed by atoms with Gasteiger partial charge in [-0.25, -0.2) is 0 Å². The van der Waals surface area contributed by atoms with Gasteiger partial charge >= 0.3 is 0 Å². The molecule has 1 aliphatic rings. The molecular formula is C24H37NO3Si. The fraction of sp³-hybridized carbons (Fsp3) is 0.583. The maximum absolute atomic E-state index is 10.0. The van der Waals surface area contributed by atoms with Gasteiger partial charge in [-0.2, -0.15) is 0 Å². The molecule has 0 saturated carbocycles. The van der Waals surface area contributed by atoms with E-state index >= 15 is 0 Å². The molecule has 29 heavy (non-hydrogen) atoms. The highest BCUT2D eigenvalue weighted by atomic mass is 28.4. The summed E-state index contributed by atoms with van der Waals surface area (Å²) in [5.41, 5.74) is 3.64. The van der Waals surface area contributed by atoms with Crippen molar-refractivity contribution in [2.75, 3.05) is 13.7 Å². The Hall–Kier alpha value is -1.56. The van der Waals surface area contributed by atoms with Gasteiger partial charge in [-0.15, -0.1) is 0 Å². The Labute approximate surface area is 177 Å². The monoisotopic (exact) mass is 415 g/mol. The molecule has 0 spiro atoms. The van der Waals surface area contributed by atoms with E-state index in [9.17, 15) is 5.11 Å². The summed E-state index contributed by atoms with van der Waals surface area (Å²) in [6.07, 6.45) is 4.15. The van der Waals surface area contributed by atoms with Crippen molar-refractivity contribution < 1.29 is 14.3 Å². The second-order valence-corrected chi connectivity index (χ2v) is 14.8. The van der Waals surface area contributed by atoms with Crippen molar-refractivity contribution in [3.8, 4) is 11.4 Å². The molecule has 0 unspecified atom stereocenters. The zero-order chi connectivity index (χ0) is 21.6. The van der Waals surface area contributed by atoms with Gasteiger partial charge in [-0.1, -0.05) is 34.6 Å². The zero-order valence-corrected chi connectivity index (χ0v) is 20.2. The number of rotatable bonds is 6. The van der Waals surface area contributed by atoms with Gasteiger partial charge in [0.2, 0.25) is 0 Å². The number of hydrogen-bond donors (Lipinski definition) is 1. The topological polar surface area (TPSA) is 43.6 Å². The quantitative estimate of drug-likeness (QED) is 0.596. The average molecular weight is 416 g/mol. The van der Waals surface area contributed by atoms with Crippen LogP contribution in [0.4, 0.5) is 0 Å². The number of aromatic nitrogens is 1. The standard InChI is InChI=1S/C24H37NO3Si/c1-16(15-26)21-17(2)23(28-29(7,8)24(3,4)5)19-13-18(27-6)14-20(22(19)21)25-11-9-10-12-25/h9-14,16-17,21,23,26H,15H2,1-8H3/t16-,17-,21-,23-/m0/s1. The summed E-state index contributed by atoms with van der Waals surface area (Å²) in [7, 11) is -0.257. The maximum atomic E-state index is 10.0. The van der Waals surface area contributed by atoms with Gasteiger partial charge in [-0.05, 0) is 65.2 Å². The summed E-state index contributed by atoms with van der Waals surface area (Å²) in [6, 6.07) is 8.34. The third kappa shape index (κ3) is 3.92. The number of aliphatic hydroxyl groups is 1. The third-order valence-corrected chi connectivity index (χ3v) is 11.6. The number of aliphatic hydroxyl groups excluding tert-OH is 1. The predicted octanol–water partition coefficient (Wildman–Crippen LogP) is 5.91. The zero-order valence-electron chi connectivity index (χ0n) is 19.2. The molecule has 1 N–H and O–H groups in total. The van der Waals surface area contributed by atoms with Crippen molar-refractivity contribution >= 4 is 8.32 Å². The second-order valence-electron chi connectivity index (χ2n) is 10.1. The molecule has 4 atom stereocenters. The van der Waals surface area contributed by atoms with Gasteiger partial charge in [0.05, 0.1) is 18.9 Å². The molecule has 0 bridgehead atoms. The van der Waals surface area contributed by atoms with Crippen LogP contribution in [0, 0.1) is 11.8 Å². The molecular weight excluding hydrogens is 378 g/mol. The number of nitrogens with zero attached hydrogens (tertiary/aromatic N) is 1. The number of hydrogen-bond acceptors (Lipinski definition) is 3. The lowest BCUT2D eigenvalue weighted by Crippen LogP contribution is -2.42. The fourth-order valence-corrected chi connectivity index (χ4v) is 5.70. The Morgan fingerprint density at radius 1 is 1.17 bits per heavy atom. The highest BCUT2D eigenvalue weighted by Crippen LogP contribution is 2.55. The first-order chi connectivity index (χ1) is 13.5. The molecule has 4 nitrogen and oxygen atoms in total. The summed E-state index contributed by atoms with van der Waals surface area (Å²) in [4.78, 5) is 0. The van der Waals surface area contributed by atoms with Crippen LogP contribution in [0.3, 0.4) is 0 Å². The van der Waals surface area contributed by atoms with Gasteiger partial charge in [0.15, 0.2) is 8.32 Å². The molecule has 0 aliphatic heterocycles. The first-order valence-corrected chi connectivity index (χ1v) is 13.6. The Balaban J connectivity index is 2.20. The molecule has 3 rings (SSSR count). The minimum Gasteiger partial charge on any atom is -0.497 e. The number of ether oxygens (including phenoxy) is 1. The smallest absolute Gasteiger partial charge is 0.192 e. The minimum atomic E-state index is -1.98. The van der Waals surface area contributed by atoms with E-state index in [0.717, 1.165) is 11.4 Å². The molecule has 1 aliphatic carbocycles. The van der Waals surface area contributed by atoms with Crippen molar-refractivity contribution in [3.63, 3.8) is 0 Å². The molecule has 5 heteroatoms. The van der Waals surface area contributed by atoms with Crippen LogP contribution >= 0.6 is 0 Å². The van der Waals surface area contributed by atoms with E-state index in [-0.39, 0.29) is 35.5 Å². The summed E-state index contributed by atoms with van der Waals surface area (Å²) in [5, 5.41) is 10.2. The summed E-state index contributed by atoms with van der Waals surface area (Å²) < 4.78 is 14.8. The largest absolute Gasteiger partial charge is 0.497 e. The Bertz CT molecular complexity index is 839. The van der Waals surface area contributed by atoms with Crippen LogP contribution in [0.1, 0.15) is 57.8 Å². The van der Waals surface area contributed by atoms with E-state index in [1.54, 1.807) is 7.11 Å². The lowest BCUT2D eigenvalue weighted by molar-refractivity contribution is 0.105. The molecule has 1 heterocycles. The van der Waals surface area contributed by atoms with Crippen LogP contribution < -0.4 is 4.74 Å². The van der Waals surface area contributed by atoms with E-state index in [0.29, 0.717) is 0 Å². The molecule has 1 aromatic carbocycles. The van der Waals surface area contributed by atoms with E-state index < -0.39 is 8.32 Å². The highest BCUT2D eigenvalue weighted by Gasteiger charge is 2.48. The van der Waals surface area contributed by atoms with Gasteiger partial charge in [0.25, 0.3) is 0 Å². The molecule has 0 fully saturated rings. The molecule has 0 saturated heterocycles. The van der Waals surface area contributed by atoms with E-state index in [4.69, 9.17) is 9.16 Å². The van der Waals surface area contributed by atoms with E-state index in [1.165, 1.54) is 11.1 Å². The van der Waals surface area contributed by atoms with Crippen molar-refractivity contribution in [1.29, 1.82) is 0 Å². The van der Waals surface area contributed by atoms with Gasteiger partial charge in [-0.3, -0.25) is 0 Å². The lowest BCUT2D eigenvalue weighted by atomic mass is 9.82. The summed E-state index contributed by atoms with van der Waals surface area (Å²) in [5.74, 6) is 1.51. The van der Waals surface area contributed by atoms with Crippen molar-refractivity contribution in [2.45, 2.75) is 64.8 Å². The summed E-state index contributed by atoms with van der Waals surface area (Å²) >= 11 is 0. The van der Waals surface area contributed by atoms with Crippen LogP contribution in [-0.4, -0.2) is 31.7 Å². The molecule has 160 valence electrons. The minimum absolute atomic E-state index is 0.00861. The first-order valence-electron chi connectivity index (χ1n) is 10.7. The van der Waals surface area contributed by atoms with E-state index in [1.807, 2.05) is 12.1 Å². The fourth-order valence-electron chi connectivity index (χ4n) is 4.37. The maximum Gasteiger partial charge on any atom is 0.192 e. The van der Waals surface area contributed by atoms with Gasteiger partial charge in [0.1, 0.15) is 5.75 Å². The molecule has 0 amide bonds. The van der Waals surface area contributed by atoms with E-state index in [2.05, 4.69) is 76.8 Å².